The molecule has 0 bridgehead atoms. The number of rotatable bonds is 5. The van der Waals surface area contributed by atoms with Crippen molar-refractivity contribution in [1.29, 1.82) is 5.26 Å². The van der Waals surface area contributed by atoms with Crippen LogP contribution in [-0.4, -0.2) is 15.1 Å². The fraction of sp³-hybridized carbons (Fsp3) is 0.0625. The third-order valence-corrected chi connectivity index (χ3v) is 5.13. The van der Waals surface area contributed by atoms with Gasteiger partial charge in [-0.2, -0.15) is 5.26 Å². The number of nitro benzene ring substituents is 1. The van der Waals surface area contributed by atoms with Gasteiger partial charge in [-0.3, -0.25) is 10.1 Å². The van der Waals surface area contributed by atoms with E-state index in [0.717, 1.165) is 11.3 Å². The maximum atomic E-state index is 10.8. The number of nitrogens with zero attached hydrogens (tertiary/aromatic N) is 4. The summed E-state index contributed by atoms with van der Waals surface area (Å²) in [6.45, 7) is 2.00. The quantitative estimate of drug-likeness (QED) is 0.520. The summed E-state index contributed by atoms with van der Waals surface area (Å²) in [4.78, 5) is 10.9. The SMILES string of the molecule is Cc1cccc(Nc2nnc(Sc3ccc([N+](=O)[O-])cc3C#N)s2)c1. The van der Waals surface area contributed by atoms with Gasteiger partial charge in [0.2, 0.25) is 5.13 Å². The summed E-state index contributed by atoms with van der Waals surface area (Å²) in [5.74, 6) is 0. The number of nitriles is 1. The first-order chi connectivity index (χ1) is 12.0. The van der Waals surface area contributed by atoms with Gasteiger partial charge in [-0.1, -0.05) is 35.2 Å². The first-order valence-corrected chi connectivity index (χ1v) is 8.72. The van der Waals surface area contributed by atoms with Gasteiger partial charge < -0.3 is 5.32 Å². The molecule has 0 atom stereocenters. The van der Waals surface area contributed by atoms with Crippen LogP contribution in [0.4, 0.5) is 16.5 Å². The lowest BCUT2D eigenvalue weighted by Gasteiger charge is -2.02. The molecular formula is C16H11N5O2S2. The van der Waals surface area contributed by atoms with Gasteiger partial charge in [-0.05, 0) is 30.7 Å². The maximum absolute atomic E-state index is 10.8. The van der Waals surface area contributed by atoms with Gasteiger partial charge >= 0.3 is 0 Å². The van der Waals surface area contributed by atoms with Crippen LogP contribution in [0.5, 0.6) is 0 Å². The lowest BCUT2D eigenvalue weighted by Crippen LogP contribution is -1.90. The van der Waals surface area contributed by atoms with Crippen molar-refractivity contribution in [1.82, 2.24) is 10.2 Å². The molecule has 2 aromatic carbocycles. The fourth-order valence-electron chi connectivity index (χ4n) is 2.05. The first kappa shape index (κ1) is 16.9. The Morgan fingerprint density at radius 3 is 2.84 bits per heavy atom. The van der Waals surface area contributed by atoms with E-state index in [9.17, 15) is 15.4 Å². The zero-order valence-electron chi connectivity index (χ0n) is 13.0. The number of non-ortho nitro benzene ring substituents is 1. The second kappa shape index (κ2) is 7.29. The molecule has 124 valence electrons. The van der Waals surface area contributed by atoms with E-state index in [-0.39, 0.29) is 11.3 Å². The molecule has 0 fully saturated rings. The first-order valence-electron chi connectivity index (χ1n) is 7.09. The van der Waals surface area contributed by atoms with E-state index in [2.05, 4.69) is 15.5 Å². The molecule has 7 nitrogen and oxygen atoms in total. The Morgan fingerprint density at radius 2 is 2.12 bits per heavy atom. The Labute approximate surface area is 151 Å². The van der Waals surface area contributed by atoms with Gasteiger partial charge in [0.15, 0.2) is 4.34 Å². The van der Waals surface area contributed by atoms with Crippen LogP contribution in [0.2, 0.25) is 0 Å². The summed E-state index contributed by atoms with van der Waals surface area (Å²) in [6.07, 6.45) is 0. The van der Waals surface area contributed by atoms with Crippen LogP contribution in [0.25, 0.3) is 0 Å². The zero-order chi connectivity index (χ0) is 17.8. The van der Waals surface area contributed by atoms with Crippen molar-refractivity contribution in [2.24, 2.45) is 0 Å². The van der Waals surface area contributed by atoms with Crippen LogP contribution >= 0.6 is 23.1 Å². The van der Waals surface area contributed by atoms with E-state index in [0.29, 0.717) is 14.4 Å². The smallest absolute Gasteiger partial charge is 0.270 e. The number of benzene rings is 2. The Morgan fingerprint density at radius 1 is 1.28 bits per heavy atom. The lowest BCUT2D eigenvalue weighted by molar-refractivity contribution is -0.384. The van der Waals surface area contributed by atoms with Crippen molar-refractivity contribution < 1.29 is 4.92 Å². The summed E-state index contributed by atoms with van der Waals surface area (Å²) in [6, 6.07) is 14.0. The highest BCUT2D eigenvalue weighted by Crippen LogP contribution is 2.35. The molecule has 0 aliphatic carbocycles. The number of hydrogen-bond acceptors (Lipinski definition) is 8. The van der Waals surface area contributed by atoms with E-state index < -0.39 is 4.92 Å². The standard InChI is InChI=1S/C16H11N5O2S2/c1-10-3-2-4-12(7-10)18-15-19-20-16(25-15)24-14-6-5-13(21(22)23)8-11(14)9-17/h2-8H,1H3,(H,18,19). The van der Waals surface area contributed by atoms with Crippen LogP contribution < -0.4 is 5.32 Å². The molecule has 1 N–H and O–H groups in total. The Balaban J connectivity index is 1.77. The molecule has 3 aromatic rings. The average Bonchev–Trinajstić information content (AvgIpc) is 3.02. The van der Waals surface area contributed by atoms with Crippen LogP contribution in [-0.2, 0) is 0 Å². The second-order valence-electron chi connectivity index (χ2n) is 5.02. The maximum Gasteiger partial charge on any atom is 0.270 e. The molecule has 0 unspecified atom stereocenters. The van der Waals surface area contributed by atoms with E-state index >= 15 is 0 Å². The third kappa shape index (κ3) is 4.12. The third-order valence-electron chi connectivity index (χ3n) is 3.17. The minimum atomic E-state index is -0.524. The van der Waals surface area contributed by atoms with E-state index in [1.165, 1.54) is 35.2 Å². The van der Waals surface area contributed by atoms with Crippen molar-refractivity contribution in [2.45, 2.75) is 16.2 Å². The Kier molecular flexibility index (Phi) is 4.92. The summed E-state index contributed by atoms with van der Waals surface area (Å²) < 4.78 is 0.639. The number of nitrogens with one attached hydrogen (secondary N) is 1. The molecule has 0 aliphatic rings. The molecule has 1 heterocycles. The fourth-order valence-corrected chi connectivity index (χ4v) is 3.84. The Bertz CT molecular complexity index is 981. The molecule has 3 rings (SSSR count). The summed E-state index contributed by atoms with van der Waals surface area (Å²) >= 11 is 2.60. The minimum absolute atomic E-state index is 0.111. The van der Waals surface area contributed by atoms with Crippen molar-refractivity contribution >= 4 is 39.6 Å². The number of hydrogen-bond donors (Lipinski definition) is 1. The predicted molar refractivity (Wildman–Crippen MR) is 96.3 cm³/mol. The molecule has 0 aliphatic heterocycles. The summed E-state index contributed by atoms with van der Waals surface area (Å²) in [5.41, 5.74) is 2.18. The highest BCUT2D eigenvalue weighted by atomic mass is 32.2. The van der Waals surface area contributed by atoms with E-state index in [1.54, 1.807) is 6.07 Å². The Hall–Kier alpha value is -2.96. The number of aryl methyl sites for hydroxylation is 1. The molecule has 0 radical (unpaired) electrons. The highest BCUT2D eigenvalue weighted by Gasteiger charge is 2.14. The van der Waals surface area contributed by atoms with Crippen molar-refractivity contribution in [2.75, 3.05) is 5.32 Å². The van der Waals surface area contributed by atoms with Gasteiger partial charge in [0.05, 0.1) is 10.5 Å². The largest absolute Gasteiger partial charge is 0.330 e. The molecule has 1 aromatic heterocycles. The van der Waals surface area contributed by atoms with Crippen molar-refractivity contribution in [3.8, 4) is 6.07 Å². The molecule has 0 saturated carbocycles. The van der Waals surface area contributed by atoms with Crippen LogP contribution in [0.3, 0.4) is 0 Å². The van der Waals surface area contributed by atoms with E-state index in [1.807, 2.05) is 37.3 Å². The molecule has 0 spiro atoms. The zero-order valence-corrected chi connectivity index (χ0v) is 14.6. The van der Waals surface area contributed by atoms with Crippen molar-refractivity contribution in [3.05, 3.63) is 63.7 Å². The number of nitro groups is 1. The summed E-state index contributed by atoms with van der Waals surface area (Å²) in [5, 5.41) is 32.0. The van der Waals surface area contributed by atoms with Gasteiger partial charge in [0, 0.05) is 22.7 Å². The number of anilines is 2. The van der Waals surface area contributed by atoms with Crippen LogP contribution in [0.1, 0.15) is 11.1 Å². The molecular weight excluding hydrogens is 358 g/mol. The number of aromatic nitrogens is 2. The van der Waals surface area contributed by atoms with Crippen LogP contribution in [0, 0.1) is 28.4 Å². The molecule has 0 saturated heterocycles. The average molecular weight is 369 g/mol. The van der Waals surface area contributed by atoms with E-state index in [4.69, 9.17) is 0 Å². The molecule has 0 amide bonds. The predicted octanol–water partition coefficient (Wildman–Crippen LogP) is 4.52. The molecule has 25 heavy (non-hydrogen) atoms. The highest BCUT2D eigenvalue weighted by molar-refractivity contribution is 8.01. The normalized spacial score (nSPS) is 10.2. The lowest BCUT2D eigenvalue weighted by atomic mass is 10.2. The summed E-state index contributed by atoms with van der Waals surface area (Å²) in [7, 11) is 0. The second-order valence-corrected chi connectivity index (χ2v) is 7.29. The topological polar surface area (TPSA) is 105 Å². The van der Waals surface area contributed by atoms with Crippen LogP contribution in [0.15, 0.2) is 51.7 Å². The van der Waals surface area contributed by atoms with Gasteiger partial charge in [-0.15, -0.1) is 10.2 Å². The van der Waals surface area contributed by atoms with Crippen molar-refractivity contribution in [3.63, 3.8) is 0 Å². The van der Waals surface area contributed by atoms with Gasteiger partial charge in [-0.25, -0.2) is 0 Å². The minimum Gasteiger partial charge on any atom is -0.330 e. The molecule has 9 heteroatoms. The van der Waals surface area contributed by atoms with Gasteiger partial charge in [0.1, 0.15) is 6.07 Å². The van der Waals surface area contributed by atoms with Gasteiger partial charge in [0.25, 0.3) is 5.69 Å². The monoisotopic (exact) mass is 369 g/mol.